The van der Waals surface area contributed by atoms with Crippen LogP contribution in [0.15, 0.2) is 24.5 Å². The Labute approximate surface area is 66.7 Å². The Bertz CT molecular complexity index is 227. The molecule has 0 aromatic carbocycles. The highest BCUT2D eigenvalue weighted by Crippen LogP contribution is 2.26. The quantitative estimate of drug-likeness (QED) is 0.653. The SMILES string of the molecule is CC1CC(c2ccncc2)N1. The Hall–Kier alpha value is -0.890. The average molecular weight is 148 g/mol. The molecule has 11 heavy (non-hydrogen) atoms. The van der Waals surface area contributed by atoms with Crippen LogP contribution in [0, 0.1) is 0 Å². The Morgan fingerprint density at radius 2 is 2.09 bits per heavy atom. The van der Waals surface area contributed by atoms with Crippen molar-refractivity contribution >= 4 is 0 Å². The van der Waals surface area contributed by atoms with Crippen LogP contribution in [0.5, 0.6) is 0 Å². The minimum absolute atomic E-state index is 0.577. The van der Waals surface area contributed by atoms with Gasteiger partial charge in [-0.05, 0) is 31.0 Å². The summed E-state index contributed by atoms with van der Waals surface area (Å²) in [5, 5.41) is 3.43. The van der Waals surface area contributed by atoms with Gasteiger partial charge in [-0.1, -0.05) is 0 Å². The molecule has 1 saturated heterocycles. The van der Waals surface area contributed by atoms with Gasteiger partial charge in [0, 0.05) is 24.5 Å². The van der Waals surface area contributed by atoms with Crippen LogP contribution in [-0.2, 0) is 0 Å². The fraction of sp³-hybridized carbons (Fsp3) is 0.444. The number of nitrogens with zero attached hydrogens (tertiary/aromatic N) is 1. The molecule has 0 saturated carbocycles. The van der Waals surface area contributed by atoms with E-state index in [1.165, 1.54) is 12.0 Å². The van der Waals surface area contributed by atoms with Crippen LogP contribution >= 0.6 is 0 Å². The maximum Gasteiger partial charge on any atom is 0.0338 e. The van der Waals surface area contributed by atoms with E-state index in [9.17, 15) is 0 Å². The fourth-order valence-electron chi connectivity index (χ4n) is 1.50. The summed E-state index contributed by atoms with van der Waals surface area (Å²) < 4.78 is 0. The van der Waals surface area contributed by atoms with Crippen LogP contribution in [0.25, 0.3) is 0 Å². The second kappa shape index (κ2) is 2.62. The normalized spacial score (nSPS) is 29.5. The molecule has 2 unspecified atom stereocenters. The predicted molar refractivity (Wildman–Crippen MR) is 44.2 cm³/mol. The third-order valence-corrected chi connectivity index (χ3v) is 2.18. The smallest absolute Gasteiger partial charge is 0.0338 e. The highest BCUT2D eigenvalue weighted by atomic mass is 15.0. The largest absolute Gasteiger partial charge is 0.307 e. The molecule has 0 spiro atoms. The summed E-state index contributed by atoms with van der Waals surface area (Å²) in [7, 11) is 0. The first kappa shape index (κ1) is 6.80. The molecule has 2 heteroatoms. The molecule has 2 atom stereocenters. The second-order valence-corrected chi connectivity index (χ2v) is 3.14. The third-order valence-electron chi connectivity index (χ3n) is 2.18. The van der Waals surface area contributed by atoms with Gasteiger partial charge >= 0.3 is 0 Å². The van der Waals surface area contributed by atoms with Gasteiger partial charge in [-0.15, -0.1) is 0 Å². The third kappa shape index (κ3) is 1.26. The Balaban J connectivity index is 2.08. The molecule has 1 aromatic rings. The summed E-state index contributed by atoms with van der Waals surface area (Å²) >= 11 is 0. The lowest BCUT2D eigenvalue weighted by molar-refractivity contribution is 0.287. The van der Waals surface area contributed by atoms with Gasteiger partial charge in [0.1, 0.15) is 0 Å². The highest BCUT2D eigenvalue weighted by Gasteiger charge is 2.24. The van der Waals surface area contributed by atoms with Crippen LogP contribution in [0.2, 0.25) is 0 Å². The molecule has 1 aliphatic heterocycles. The van der Waals surface area contributed by atoms with E-state index in [0.717, 1.165) is 0 Å². The summed E-state index contributed by atoms with van der Waals surface area (Å²) in [6.07, 6.45) is 4.95. The van der Waals surface area contributed by atoms with Crippen LogP contribution in [0.1, 0.15) is 24.9 Å². The van der Waals surface area contributed by atoms with E-state index < -0.39 is 0 Å². The molecule has 1 N–H and O–H groups in total. The summed E-state index contributed by atoms with van der Waals surface area (Å²) in [5.74, 6) is 0. The predicted octanol–water partition coefficient (Wildman–Crippen LogP) is 1.50. The molecular formula is C9H12N2. The Kier molecular flexibility index (Phi) is 1.62. The van der Waals surface area contributed by atoms with Crippen molar-refractivity contribution in [3.8, 4) is 0 Å². The minimum atomic E-state index is 0.577. The van der Waals surface area contributed by atoms with Crippen molar-refractivity contribution in [1.29, 1.82) is 0 Å². The molecule has 0 amide bonds. The maximum atomic E-state index is 3.98. The number of hydrogen-bond donors (Lipinski definition) is 1. The van der Waals surface area contributed by atoms with E-state index in [0.29, 0.717) is 12.1 Å². The van der Waals surface area contributed by atoms with E-state index in [2.05, 4.69) is 29.4 Å². The number of nitrogens with one attached hydrogen (secondary N) is 1. The first-order valence-corrected chi connectivity index (χ1v) is 4.02. The first-order chi connectivity index (χ1) is 5.36. The van der Waals surface area contributed by atoms with Crippen molar-refractivity contribution < 1.29 is 0 Å². The lowest BCUT2D eigenvalue weighted by Crippen LogP contribution is -2.43. The van der Waals surface area contributed by atoms with Crippen molar-refractivity contribution in [2.45, 2.75) is 25.4 Å². The topological polar surface area (TPSA) is 24.9 Å². The van der Waals surface area contributed by atoms with E-state index in [1.54, 1.807) is 0 Å². The summed E-state index contributed by atoms with van der Waals surface area (Å²) in [6, 6.07) is 5.41. The molecule has 2 heterocycles. The van der Waals surface area contributed by atoms with Crippen molar-refractivity contribution in [1.82, 2.24) is 10.3 Å². The Morgan fingerprint density at radius 1 is 1.45 bits per heavy atom. The standard InChI is InChI=1S/C9H12N2/c1-7-6-9(11-7)8-2-4-10-5-3-8/h2-5,7,9,11H,6H2,1H3. The molecule has 2 nitrogen and oxygen atoms in total. The number of rotatable bonds is 1. The van der Waals surface area contributed by atoms with Crippen molar-refractivity contribution in [3.63, 3.8) is 0 Å². The van der Waals surface area contributed by atoms with Gasteiger partial charge in [0.25, 0.3) is 0 Å². The molecule has 0 radical (unpaired) electrons. The van der Waals surface area contributed by atoms with Gasteiger partial charge in [-0.2, -0.15) is 0 Å². The van der Waals surface area contributed by atoms with Gasteiger partial charge in [-0.25, -0.2) is 0 Å². The highest BCUT2D eigenvalue weighted by molar-refractivity contribution is 5.18. The van der Waals surface area contributed by atoms with Crippen LogP contribution < -0.4 is 5.32 Å². The lowest BCUT2D eigenvalue weighted by Gasteiger charge is -2.35. The van der Waals surface area contributed by atoms with Crippen molar-refractivity contribution in [2.75, 3.05) is 0 Å². The molecule has 0 aliphatic carbocycles. The van der Waals surface area contributed by atoms with Gasteiger partial charge in [0.05, 0.1) is 0 Å². The van der Waals surface area contributed by atoms with E-state index >= 15 is 0 Å². The summed E-state index contributed by atoms with van der Waals surface area (Å²) in [6.45, 7) is 2.21. The van der Waals surface area contributed by atoms with E-state index in [1.807, 2.05) is 12.4 Å². The molecule has 58 valence electrons. The molecule has 2 rings (SSSR count). The van der Waals surface area contributed by atoms with Gasteiger partial charge in [0.15, 0.2) is 0 Å². The van der Waals surface area contributed by atoms with Gasteiger partial charge in [-0.3, -0.25) is 4.98 Å². The van der Waals surface area contributed by atoms with Gasteiger partial charge in [0.2, 0.25) is 0 Å². The zero-order valence-corrected chi connectivity index (χ0v) is 6.62. The summed E-state index contributed by atoms with van der Waals surface area (Å²) in [5.41, 5.74) is 1.36. The second-order valence-electron chi connectivity index (χ2n) is 3.14. The number of pyridine rings is 1. The average Bonchev–Trinajstić information content (AvgIpc) is 2.01. The van der Waals surface area contributed by atoms with Crippen molar-refractivity contribution in [3.05, 3.63) is 30.1 Å². The monoisotopic (exact) mass is 148 g/mol. The van der Waals surface area contributed by atoms with E-state index in [4.69, 9.17) is 0 Å². The molecule has 0 bridgehead atoms. The first-order valence-electron chi connectivity index (χ1n) is 4.02. The Morgan fingerprint density at radius 3 is 2.64 bits per heavy atom. The fourth-order valence-corrected chi connectivity index (χ4v) is 1.50. The minimum Gasteiger partial charge on any atom is -0.307 e. The van der Waals surface area contributed by atoms with Gasteiger partial charge < -0.3 is 5.32 Å². The molecule has 1 aliphatic rings. The van der Waals surface area contributed by atoms with Crippen LogP contribution in [0.3, 0.4) is 0 Å². The zero-order valence-electron chi connectivity index (χ0n) is 6.62. The van der Waals surface area contributed by atoms with Crippen LogP contribution in [-0.4, -0.2) is 11.0 Å². The maximum absolute atomic E-state index is 3.98. The lowest BCUT2D eigenvalue weighted by atomic mass is 9.93. The number of hydrogen-bond acceptors (Lipinski definition) is 2. The zero-order chi connectivity index (χ0) is 7.68. The molecule has 1 fully saturated rings. The number of aromatic nitrogens is 1. The summed E-state index contributed by atoms with van der Waals surface area (Å²) in [4.78, 5) is 3.98. The van der Waals surface area contributed by atoms with Crippen molar-refractivity contribution in [2.24, 2.45) is 0 Å². The molecule has 1 aromatic heterocycles. The van der Waals surface area contributed by atoms with E-state index in [-0.39, 0.29) is 0 Å². The van der Waals surface area contributed by atoms with Crippen LogP contribution in [0.4, 0.5) is 0 Å². The molecular weight excluding hydrogens is 136 g/mol.